The van der Waals surface area contributed by atoms with Gasteiger partial charge in [0.25, 0.3) is 5.91 Å². The van der Waals surface area contributed by atoms with Crippen molar-refractivity contribution < 1.29 is 9.59 Å². The van der Waals surface area contributed by atoms with Crippen molar-refractivity contribution in [3.05, 3.63) is 46.8 Å². The number of hydrogen-bond donors (Lipinski definition) is 4. The third kappa shape index (κ3) is 4.43. The first-order valence-electron chi connectivity index (χ1n) is 10.3. The molecule has 152 valence electrons. The summed E-state index contributed by atoms with van der Waals surface area (Å²) in [5.74, 6) is 0.479. The summed E-state index contributed by atoms with van der Waals surface area (Å²) < 4.78 is 0. The van der Waals surface area contributed by atoms with Gasteiger partial charge in [0.2, 0.25) is 5.91 Å². The number of anilines is 2. The fourth-order valence-electron chi connectivity index (χ4n) is 4.18. The predicted molar refractivity (Wildman–Crippen MR) is 117 cm³/mol. The first kappa shape index (κ1) is 19.5. The van der Waals surface area contributed by atoms with Gasteiger partial charge in [0.05, 0.1) is 5.57 Å². The normalized spacial score (nSPS) is 19.9. The first-order valence-corrected chi connectivity index (χ1v) is 10.3. The lowest BCUT2D eigenvalue weighted by Gasteiger charge is -2.22. The third-order valence-corrected chi connectivity index (χ3v) is 5.74. The molecule has 2 aromatic rings. The van der Waals surface area contributed by atoms with Gasteiger partial charge in [0, 0.05) is 34.7 Å². The number of aromatic nitrogens is 1. The summed E-state index contributed by atoms with van der Waals surface area (Å²) in [6.07, 6.45) is 5.68. The summed E-state index contributed by atoms with van der Waals surface area (Å²) in [7, 11) is 0. The van der Waals surface area contributed by atoms with Gasteiger partial charge in [0.1, 0.15) is 0 Å². The fourth-order valence-corrected chi connectivity index (χ4v) is 4.18. The Morgan fingerprint density at radius 3 is 2.86 bits per heavy atom. The van der Waals surface area contributed by atoms with E-state index >= 15 is 0 Å². The van der Waals surface area contributed by atoms with Crippen LogP contribution in [0.4, 0.5) is 11.4 Å². The van der Waals surface area contributed by atoms with Gasteiger partial charge in [-0.2, -0.15) is 0 Å². The van der Waals surface area contributed by atoms with Gasteiger partial charge >= 0.3 is 0 Å². The Labute approximate surface area is 171 Å². The van der Waals surface area contributed by atoms with Crippen molar-refractivity contribution in [1.29, 1.82) is 0 Å². The highest BCUT2D eigenvalue weighted by Crippen LogP contribution is 2.35. The van der Waals surface area contributed by atoms with Crippen LogP contribution in [0.25, 0.3) is 11.6 Å². The van der Waals surface area contributed by atoms with Crippen molar-refractivity contribution in [3.63, 3.8) is 0 Å². The van der Waals surface area contributed by atoms with Crippen LogP contribution in [0.1, 0.15) is 48.2 Å². The van der Waals surface area contributed by atoms with Crippen molar-refractivity contribution >= 4 is 34.8 Å². The number of carbonyl (C=O) groups excluding carboxylic acids is 2. The van der Waals surface area contributed by atoms with E-state index in [1.807, 2.05) is 38.1 Å². The SMILES string of the molecule is Cc1cc(C)c(C=C2C(=O)Nc3ccc(NC(=O)CCC4CCCNC4)cc32)[nH]1. The number of aromatic amines is 1. The number of aryl methyl sites for hydroxylation is 2. The summed E-state index contributed by atoms with van der Waals surface area (Å²) >= 11 is 0. The number of rotatable bonds is 5. The van der Waals surface area contributed by atoms with E-state index in [0.717, 1.165) is 53.4 Å². The van der Waals surface area contributed by atoms with Gasteiger partial charge < -0.3 is 20.9 Å². The summed E-state index contributed by atoms with van der Waals surface area (Å²) in [5.41, 5.74) is 5.99. The van der Waals surface area contributed by atoms with Crippen LogP contribution in [0.5, 0.6) is 0 Å². The van der Waals surface area contributed by atoms with Crippen LogP contribution >= 0.6 is 0 Å². The molecule has 0 aliphatic carbocycles. The second-order valence-corrected chi connectivity index (χ2v) is 8.12. The number of amides is 2. The van der Waals surface area contributed by atoms with Gasteiger partial charge in [-0.15, -0.1) is 0 Å². The molecule has 0 spiro atoms. The maximum atomic E-state index is 12.5. The summed E-state index contributed by atoms with van der Waals surface area (Å²) in [6.45, 7) is 6.10. The average Bonchev–Trinajstić information content (AvgIpc) is 3.19. The monoisotopic (exact) mass is 392 g/mol. The van der Waals surface area contributed by atoms with Crippen molar-refractivity contribution in [2.75, 3.05) is 23.7 Å². The molecule has 2 amide bonds. The van der Waals surface area contributed by atoms with E-state index in [2.05, 4.69) is 27.0 Å². The van der Waals surface area contributed by atoms with Gasteiger partial charge in [-0.3, -0.25) is 9.59 Å². The molecule has 1 fully saturated rings. The molecule has 0 radical (unpaired) electrons. The fraction of sp³-hybridized carbons (Fsp3) is 0.391. The van der Waals surface area contributed by atoms with Crippen LogP contribution in [-0.4, -0.2) is 29.9 Å². The van der Waals surface area contributed by atoms with Gasteiger partial charge in [-0.25, -0.2) is 0 Å². The molecule has 4 N–H and O–H groups in total. The molecule has 0 bridgehead atoms. The highest BCUT2D eigenvalue weighted by atomic mass is 16.2. The van der Waals surface area contributed by atoms with E-state index in [-0.39, 0.29) is 11.8 Å². The maximum Gasteiger partial charge on any atom is 0.256 e. The van der Waals surface area contributed by atoms with Crippen molar-refractivity contribution in [2.24, 2.45) is 5.92 Å². The molecular weight excluding hydrogens is 364 g/mol. The predicted octanol–water partition coefficient (Wildman–Crippen LogP) is 3.84. The topological polar surface area (TPSA) is 86.0 Å². The Kier molecular flexibility index (Phi) is 5.53. The van der Waals surface area contributed by atoms with Crippen LogP contribution < -0.4 is 16.0 Å². The van der Waals surface area contributed by atoms with Crippen molar-refractivity contribution in [3.8, 4) is 0 Å². The molecule has 1 unspecified atom stereocenters. The van der Waals surface area contributed by atoms with Crippen LogP contribution in [-0.2, 0) is 9.59 Å². The number of carbonyl (C=O) groups is 2. The lowest BCUT2D eigenvalue weighted by Crippen LogP contribution is -2.30. The molecule has 4 rings (SSSR count). The van der Waals surface area contributed by atoms with Crippen LogP contribution in [0.15, 0.2) is 24.3 Å². The second kappa shape index (κ2) is 8.25. The van der Waals surface area contributed by atoms with Crippen molar-refractivity contribution in [1.82, 2.24) is 10.3 Å². The molecule has 29 heavy (non-hydrogen) atoms. The molecule has 1 atom stereocenters. The first-order chi connectivity index (χ1) is 14.0. The second-order valence-electron chi connectivity index (χ2n) is 8.12. The van der Waals surface area contributed by atoms with Crippen LogP contribution in [0, 0.1) is 19.8 Å². The van der Waals surface area contributed by atoms with Crippen molar-refractivity contribution in [2.45, 2.75) is 39.5 Å². The minimum Gasteiger partial charge on any atom is -0.359 e. The Balaban J connectivity index is 1.47. The largest absolute Gasteiger partial charge is 0.359 e. The van der Waals surface area contributed by atoms with Crippen LogP contribution in [0.3, 0.4) is 0 Å². The summed E-state index contributed by atoms with van der Waals surface area (Å²) in [4.78, 5) is 28.2. The van der Waals surface area contributed by atoms with Crippen LogP contribution in [0.2, 0.25) is 0 Å². The Morgan fingerprint density at radius 1 is 1.28 bits per heavy atom. The molecule has 2 aliphatic rings. The smallest absolute Gasteiger partial charge is 0.256 e. The number of H-pyrrole nitrogens is 1. The zero-order valence-corrected chi connectivity index (χ0v) is 17.0. The molecule has 2 aliphatic heterocycles. The lowest BCUT2D eigenvalue weighted by atomic mass is 9.94. The Bertz CT molecular complexity index is 967. The summed E-state index contributed by atoms with van der Waals surface area (Å²) in [6, 6.07) is 7.62. The molecule has 6 nitrogen and oxygen atoms in total. The third-order valence-electron chi connectivity index (χ3n) is 5.74. The number of piperidine rings is 1. The Morgan fingerprint density at radius 2 is 2.14 bits per heavy atom. The maximum absolute atomic E-state index is 12.5. The average molecular weight is 393 g/mol. The van der Waals surface area contributed by atoms with Gasteiger partial charge in [-0.05, 0) is 88.0 Å². The minimum atomic E-state index is -0.125. The molecule has 1 aromatic heterocycles. The van der Waals surface area contributed by atoms with E-state index in [1.165, 1.54) is 12.8 Å². The highest BCUT2D eigenvalue weighted by Gasteiger charge is 2.25. The molecule has 0 saturated carbocycles. The van der Waals surface area contributed by atoms with E-state index in [0.29, 0.717) is 17.9 Å². The minimum absolute atomic E-state index is 0.0224. The quantitative estimate of drug-likeness (QED) is 0.583. The Hall–Kier alpha value is -2.86. The molecule has 1 saturated heterocycles. The zero-order chi connectivity index (χ0) is 20.4. The summed E-state index contributed by atoms with van der Waals surface area (Å²) in [5, 5.41) is 9.29. The number of fused-ring (bicyclic) bond motifs is 1. The lowest BCUT2D eigenvalue weighted by molar-refractivity contribution is -0.116. The van der Waals surface area contributed by atoms with Gasteiger partial charge in [-0.1, -0.05) is 0 Å². The zero-order valence-electron chi connectivity index (χ0n) is 17.0. The van der Waals surface area contributed by atoms with E-state index in [4.69, 9.17) is 0 Å². The van der Waals surface area contributed by atoms with Gasteiger partial charge in [0.15, 0.2) is 0 Å². The standard InChI is InChI=1S/C23H28N4O2/c1-14-10-15(2)25-21(14)12-19-18-11-17(6-7-20(18)27-23(19)29)26-22(28)8-5-16-4-3-9-24-13-16/h6-7,10-12,16,24-25H,3-5,8-9,13H2,1-2H3,(H,26,28)(H,27,29). The number of nitrogens with one attached hydrogen (secondary N) is 4. The molecule has 1 aromatic carbocycles. The number of benzene rings is 1. The molecule has 6 heteroatoms. The number of hydrogen-bond acceptors (Lipinski definition) is 3. The molecule has 3 heterocycles. The van der Waals surface area contributed by atoms with E-state index in [1.54, 1.807) is 0 Å². The molecular formula is C23H28N4O2. The van der Waals surface area contributed by atoms with E-state index < -0.39 is 0 Å². The van der Waals surface area contributed by atoms with E-state index in [9.17, 15) is 9.59 Å². The highest BCUT2D eigenvalue weighted by molar-refractivity contribution is 6.35.